The van der Waals surface area contributed by atoms with E-state index in [-0.39, 0.29) is 24.2 Å². The number of benzene rings is 1. The van der Waals surface area contributed by atoms with Crippen LogP contribution in [0.4, 0.5) is 5.13 Å². The van der Waals surface area contributed by atoms with E-state index in [1.54, 1.807) is 4.90 Å². The van der Waals surface area contributed by atoms with Crippen LogP contribution in [0.25, 0.3) is 0 Å². The smallest absolute Gasteiger partial charge is 0.229 e. The van der Waals surface area contributed by atoms with Crippen LogP contribution in [-0.2, 0) is 21.4 Å². The molecule has 0 radical (unpaired) electrons. The molecular formula is C18H24N4O2S. The van der Waals surface area contributed by atoms with Gasteiger partial charge in [0.05, 0.1) is 0 Å². The Kier molecular flexibility index (Phi) is 6.25. The number of rotatable bonds is 7. The fourth-order valence-electron chi connectivity index (χ4n) is 2.21. The van der Waals surface area contributed by atoms with Crippen LogP contribution in [0.2, 0.25) is 0 Å². The van der Waals surface area contributed by atoms with Crippen LogP contribution in [0.5, 0.6) is 0 Å². The third-order valence-electron chi connectivity index (χ3n) is 3.64. The SMILES string of the molecule is CC(C)(C)c1nnc(N(CCc2ccccc2)C(=O)CCC(N)=O)s1. The van der Waals surface area contributed by atoms with Crippen LogP contribution in [0.3, 0.4) is 0 Å². The lowest BCUT2D eigenvalue weighted by atomic mass is 9.98. The Balaban J connectivity index is 2.17. The minimum absolute atomic E-state index is 0.0333. The molecule has 7 heteroatoms. The average Bonchev–Trinajstić information content (AvgIpc) is 3.04. The molecule has 0 spiro atoms. The van der Waals surface area contributed by atoms with E-state index in [9.17, 15) is 9.59 Å². The summed E-state index contributed by atoms with van der Waals surface area (Å²) in [6.07, 6.45) is 0.813. The number of nitrogens with zero attached hydrogens (tertiary/aromatic N) is 3. The summed E-state index contributed by atoms with van der Waals surface area (Å²) in [6.45, 7) is 6.65. The van der Waals surface area contributed by atoms with Crippen molar-refractivity contribution < 1.29 is 9.59 Å². The number of primary amides is 1. The number of hydrogen-bond acceptors (Lipinski definition) is 5. The molecule has 0 aliphatic carbocycles. The second-order valence-electron chi connectivity index (χ2n) is 6.89. The summed E-state index contributed by atoms with van der Waals surface area (Å²) < 4.78 is 0. The van der Waals surface area contributed by atoms with Crippen LogP contribution in [0, 0.1) is 0 Å². The fourth-order valence-corrected chi connectivity index (χ4v) is 3.15. The molecule has 2 aromatic rings. The van der Waals surface area contributed by atoms with Crippen molar-refractivity contribution in [2.24, 2.45) is 5.73 Å². The maximum absolute atomic E-state index is 12.6. The first-order valence-corrected chi connectivity index (χ1v) is 9.05. The molecule has 2 N–H and O–H groups in total. The van der Waals surface area contributed by atoms with E-state index in [1.807, 2.05) is 30.3 Å². The first-order valence-electron chi connectivity index (χ1n) is 8.24. The molecule has 0 aliphatic heterocycles. The zero-order chi connectivity index (χ0) is 18.4. The van der Waals surface area contributed by atoms with Crippen molar-refractivity contribution in [1.29, 1.82) is 0 Å². The maximum Gasteiger partial charge on any atom is 0.229 e. The Hall–Kier alpha value is -2.28. The Labute approximate surface area is 152 Å². The van der Waals surface area contributed by atoms with E-state index < -0.39 is 5.91 Å². The summed E-state index contributed by atoms with van der Waals surface area (Å²) in [5.74, 6) is -0.643. The summed E-state index contributed by atoms with van der Waals surface area (Å²) in [4.78, 5) is 25.2. The lowest BCUT2D eigenvalue weighted by Crippen LogP contribution is -2.33. The van der Waals surface area contributed by atoms with Gasteiger partial charge in [0.2, 0.25) is 16.9 Å². The molecular weight excluding hydrogens is 336 g/mol. The summed E-state index contributed by atoms with van der Waals surface area (Å²) in [5.41, 5.74) is 6.18. The Bertz CT molecular complexity index is 722. The predicted octanol–water partition coefficient (Wildman–Crippen LogP) is 2.68. The second kappa shape index (κ2) is 8.20. The van der Waals surface area contributed by atoms with Gasteiger partial charge in [-0.05, 0) is 12.0 Å². The van der Waals surface area contributed by atoms with Gasteiger partial charge in [-0.2, -0.15) is 0 Å². The van der Waals surface area contributed by atoms with Crippen molar-refractivity contribution in [3.05, 3.63) is 40.9 Å². The molecule has 25 heavy (non-hydrogen) atoms. The number of anilines is 1. The number of hydrogen-bond donors (Lipinski definition) is 1. The van der Waals surface area contributed by atoms with Crippen LogP contribution in [-0.4, -0.2) is 28.6 Å². The number of amides is 2. The van der Waals surface area contributed by atoms with Crippen molar-refractivity contribution in [2.45, 2.75) is 45.4 Å². The van der Waals surface area contributed by atoms with Crippen LogP contribution < -0.4 is 10.6 Å². The predicted molar refractivity (Wildman–Crippen MR) is 99.5 cm³/mol. The van der Waals surface area contributed by atoms with Crippen LogP contribution >= 0.6 is 11.3 Å². The lowest BCUT2D eigenvalue weighted by molar-refractivity contribution is -0.123. The third-order valence-corrected chi connectivity index (χ3v) is 5.01. The Morgan fingerprint density at radius 1 is 1.12 bits per heavy atom. The topological polar surface area (TPSA) is 89.2 Å². The molecule has 0 aliphatic rings. The lowest BCUT2D eigenvalue weighted by Gasteiger charge is -2.19. The average molecular weight is 360 g/mol. The summed E-state index contributed by atoms with van der Waals surface area (Å²) in [7, 11) is 0. The summed E-state index contributed by atoms with van der Waals surface area (Å²) in [6, 6.07) is 9.94. The molecule has 0 fully saturated rings. The van der Waals surface area contributed by atoms with Gasteiger partial charge in [0, 0.05) is 24.8 Å². The van der Waals surface area contributed by atoms with Crippen molar-refractivity contribution >= 4 is 28.3 Å². The molecule has 0 bridgehead atoms. The Morgan fingerprint density at radius 3 is 2.36 bits per heavy atom. The second-order valence-corrected chi connectivity index (χ2v) is 7.84. The van der Waals surface area contributed by atoms with Gasteiger partial charge >= 0.3 is 0 Å². The summed E-state index contributed by atoms with van der Waals surface area (Å²) in [5, 5.41) is 9.86. The zero-order valence-corrected chi connectivity index (χ0v) is 15.7. The van der Waals surface area contributed by atoms with E-state index >= 15 is 0 Å². The highest BCUT2D eigenvalue weighted by Crippen LogP contribution is 2.30. The van der Waals surface area contributed by atoms with E-state index in [1.165, 1.54) is 11.3 Å². The van der Waals surface area contributed by atoms with Gasteiger partial charge in [-0.25, -0.2) is 0 Å². The Morgan fingerprint density at radius 2 is 1.80 bits per heavy atom. The van der Waals surface area contributed by atoms with Crippen LogP contribution in [0.15, 0.2) is 30.3 Å². The molecule has 6 nitrogen and oxygen atoms in total. The molecule has 0 saturated heterocycles. The quantitative estimate of drug-likeness (QED) is 0.822. The minimum atomic E-state index is -0.482. The summed E-state index contributed by atoms with van der Waals surface area (Å²) >= 11 is 1.41. The molecule has 134 valence electrons. The maximum atomic E-state index is 12.6. The molecule has 0 saturated carbocycles. The number of carbonyl (C=O) groups excluding carboxylic acids is 2. The molecule has 1 aromatic heterocycles. The van der Waals surface area contributed by atoms with Gasteiger partial charge in [-0.15, -0.1) is 10.2 Å². The van der Waals surface area contributed by atoms with Crippen molar-refractivity contribution in [3.8, 4) is 0 Å². The molecule has 2 rings (SSSR count). The van der Waals surface area contributed by atoms with E-state index in [0.717, 1.165) is 10.6 Å². The fraction of sp³-hybridized carbons (Fsp3) is 0.444. The van der Waals surface area contributed by atoms with Crippen molar-refractivity contribution in [1.82, 2.24) is 10.2 Å². The standard InChI is InChI=1S/C18H24N4O2S/c1-18(2,3)16-20-21-17(25-16)22(15(24)10-9-14(19)23)12-11-13-7-5-4-6-8-13/h4-8H,9-12H2,1-3H3,(H2,19,23). The molecule has 1 heterocycles. The third kappa shape index (κ3) is 5.63. The van der Waals surface area contributed by atoms with Crippen LogP contribution in [0.1, 0.15) is 44.2 Å². The van der Waals surface area contributed by atoms with Gasteiger partial charge in [0.25, 0.3) is 0 Å². The van der Waals surface area contributed by atoms with Crippen molar-refractivity contribution in [3.63, 3.8) is 0 Å². The monoisotopic (exact) mass is 360 g/mol. The zero-order valence-electron chi connectivity index (χ0n) is 14.9. The molecule has 1 aromatic carbocycles. The largest absolute Gasteiger partial charge is 0.370 e. The molecule has 2 amide bonds. The molecule has 0 atom stereocenters. The van der Waals surface area contributed by atoms with E-state index in [2.05, 4.69) is 31.0 Å². The number of carbonyl (C=O) groups is 2. The van der Waals surface area contributed by atoms with Gasteiger partial charge in [0.1, 0.15) is 5.01 Å². The van der Waals surface area contributed by atoms with Gasteiger partial charge in [-0.1, -0.05) is 62.4 Å². The van der Waals surface area contributed by atoms with E-state index in [4.69, 9.17) is 5.73 Å². The first-order chi connectivity index (χ1) is 11.8. The highest BCUT2D eigenvalue weighted by atomic mass is 32.1. The molecule has 0 unspecified atom stereocenters. The normalized spacial score (nSPS) is 11.3. The number of aromatic nitrogens is 2. The highest BCUT2D eigenvalue weighted by molar-refractivity contribution is 7.15. The van der Waals surface area contributed by atoms with Gasteiger partial charge in [-0.3, -0.25) is 14.5 Å². The van der Waals surface area contributed by atoms with Crippen molar-refractivity contribution in [2.75, 3.05) is 11.4 Å². The first kappa shape index (κ1) is 19.1. The minimum Gasteiger partial charge on any atom is -0.370 e. The highest BCUT2D eigenvalue weighted by Gasteiger charge is 2.24. The van der Waals surface area contributed by atoms with Gasteiger partial charge < -0.3 is 5.73 Å². The number of nitrogens with two attached hydrogens (primary N) is 1. The van der Waals surface area contributed by atoms with E-state index in [0.29, 0.717) is 18.1 Å². The van der Waals surface area contributed by atoms with Gasteiger partial charge in [0.15, 0.2) is 0 Å².